The number of hydrogen-bond acceptors (Lipinski definition) is 2. The first-order valence-corrected chi connectivity index (χ1v) is 6.43. The number of hydrazine groups is 1. The Bertz CT molecular complexity index is 202. The third kappa shape index (κ3) is 8.48. The van der Waals surface area contributed by atoms with E-state index in [-0.39, 0.29) is 5.91 Å². The highest BCUT2D eigenvalue weighted by molar-refractivity contribution is 5.92. The van der Waals surface area contributed by atoms with Crippen LogP contribution in [0.2, 0.25) is 0 Å². The van der Waals surface area contributed by atoms with Gasteiger partial charge in [-0.15, -0.1) is 0 Å². The van der Waals surface area contributed by atoms with Gasteiger partial charge in [-0.2, -0.15) is 0 Å². The van der Waals surface area contributed by atoms with E-state index in [1.165, 1.54) is 19.3 Å². The van der Waals surface area contributed by atoms with E-state index < -0.39 is 0 Å². The van der Waals surface area contributed by atoms with Crippen LogP contribution in [0, 0.1) is 0 Å². The average Bonchev–Trinajstić information content (AvgIpc) is 2.30. The number of carbonyl (C=O) groups is 1. The fourth-order valence-corrected chi connectivity index (χ4v) is 1.38. The molecule has 0 unspecified atom stereocenters. The van der Waals surface area contributed by atoms with Crippen molar-refractivity contribution >= 4 is 5.91 Å². The van der Waals surface area contributed by atoms with Crippen LogP contribution >= 0.6 is 0 Å². The second-order valence-electron chi connectivity index (χ2n) is 4.15. The fourth-order valence-electron chi connectivity index (χ4n) is 1.38. The highest BCUT2D eigenvalue weighted by Gasteiger charge is 2.04. The molecule has 0 aromatic rings. The second-order valence-corrected chi connectivity index (χ2v) is 4.15. The molecule has 0 heterocycles. The molecule has 0 saturated carbocycles. The van der Waals surface area contributed by atoms with Gasteiger partial charge in [0, 0.05) is 12.1 Å². The molecule has 2 N–H and O–H groups in total. The minimum atomic E-state index is -0.0658. The molecule has 3 heteroatoms. The molecule has 0 rings (SSSR count). The van der Waals surface area contributed by atoms with Crippen molar-refractivity contribution in [3.05, 3.63) is 12.2 Å². The van der Waals surface area contributed by atoms with Gasteiger partial charge in [0.1, 0.15) is 0 Å². The zero-order valence-electron chi connectivity index (χ0n) is 10.8. The molecule has 0 aliphatic carbocycles. The maximum absolute atomic E-state index is 11.5. The van der Waals surface area contributed by atoms with Gasteiger partial charge in [-0.05, 0) is 19.3 Å². The van der Waals surface area contributed by atoms with Gasteiger partial charge in [-0.25, -0.2) is 5.43 Å². The minimum Gasteiger partial charge on any atom is -0.288 e. The summed E-state index contributed by atoms with van der Waals surface area (Å²) in [6.45, 7) is 8.90. The Hall–Kier alpha value is -0.830. The van der Waals surface area contributed by atoms with Gasteiger partial charge in [0.2, 0.25) is 0 Å². The van der Waals surface area contributed by atoms with Gasteiger partial charge >= 0.3 is 0 Å². The van der Waals surface area contributed by atoms with Crippen LogP contribution in [0.1, 0.15) is 58.8 Å². The van der Waals surface area contributed by atoms with E-state index in [0.717, 1.165) is 32.2 Å². The Balaban J connectivity index is 3.39. The third-order valence-electron chi connectivity index (χ3n) is 2.51. The topological polar surface area (TPSA) is 41.1 Å². The zero-order chi connectivity index (χ0) is 12.2. The normalized spacial score (nSPS) is 10.1. The molecule has 0 atom stereocenters. The first-order valence-electron chi connectivity index (χ1n) is 6.43. The molecule has 0 bridgehead atoms. The summed E-state index contributed by atoms with van der Waals surface area (Å²) in [7, 11) is 0. The summed E-state index contributed by atoms with van der Waals surface area (Å²) < 4.78 is 0. The van der Waals surface area contributed by atoms with Crippen molar-refractivity contribution in [3.8, 4) is 0 Å². The summed E-state index contributed by atoms with van der Waals surface area (Å²) in [5.41, 5.74) is 6.29. The molecule has 0 radical (unpaired) electrons. The second kappa shape index (κ2) is 10.7. The van der Waals surface area contributed by atoms with E-state index in [2.05, 4.69) is 31.3 Å². The van der Waals surface area contributed by atoms with Crippen molar-refractivity contribution < 1.29 is 4.79 Å². The number of nitrogens with one attached hydrogen (secondary N) is 2. The molecular weight excluding hydrogens is 200 g/mol. The highest BCUT2D eigenvalue weighted by Crippen LogP contribution is 2.04. The highest BCUT2D eigenvalue weighted by atomic mass is 16.2. The number of hydrogen-bond donors (Lipinski definition) is 2. The van der Waals surface area contributed by atoms with Crippen LogP contribution in [-0.2, 0) is 4.79 Å². The lowest BCUT2D eigenvalue weighted by Crippen LogP contribution is -2.38. The predicted molar refractivity (Wildman–Crippen MR) is 69.0 cm³/mol. The number of carbonyl (C=O) groups excluding carboxylic acids is 1. The van der Waals surface area contributed by atoms with Gasteiger partial charge in [-0.1, -0.05) is 46.1 Å². The summed E-state index contributed by atoms with van der Waals surface area (Å²) in [6, 6.07) is 0. The van der Waals surface area contributed by atoms with Crippen molar-refractivity contribution in [1.82, 2.24) is 10.9 Å². The molecule has 0 aromatic carbocycles. The number of amides is 1. The quantitative estimate of drug-likeness (QED) is 0.341. The Morgan fingerprint density at radius 2 is 1.75 bits per heavy atom. The van der Waals surface area contributed by atoms with Crippen LogP contribution in [0.5, 0.6) is 0 Å². The first kappa shape index (κ1) is 15.2. The van der Waals surface area contributed by atoms with E-state index >= 15 is 0 Å². The standard InChI is InChI=1S/C13H26N2O/c1-4-6-8-9-11-14-15-13(16)12(3)10-7-5-2/h14H,3-11H2,1-2H3,(H,15,16). The average molecular weight is 226 g/mol. The zero-order valence-corrected chi connectivity index (χ0v) is 10.8. The Morgan fingerprint density at radius 1 is 1.06 bits per heavy atom. The smallest absolute Gasteiger partial charge is 0.260 e. The monoisotopic (exact) mass is 226 g/mol. The van der Waals surface area contributed by atoms with Crippen LogP contribution in [0.4, 0.5) is 0 Å². The van der Waals surface area contributed by atoms with Gasteiger partial charge in [-0.3, -0.25) is 10.2 Å². The summed E-state index contributed by atoms with van der Waals surface area (Å²) in [6.07, 6.45) is 7.74. The van der Waals surface area contributed by atoms with Gasteiger partial charge < -0.3 is 0 Å². The van der Waals surface area contributed by atoms with E-state index in [9.17, 15) is 4.79 Å². The summed E-state index contributed by atoms with van der Waals surface area (Å²) >= 11 is 0. The lowest BCUT2D eigenvalue weighted by Gasteiger charge is -2.08. The van der Waals surface area contributed by atoms with Gasteiger partial charge in [0.25, 0.3) is 5.91 Å². The predicted octanol–water partition coefficient (Wildman–Crippen LogP) is 2.93. The van der Waals surface area contributed by atoms with Crippen LogP contribution in [0.25, 0.3) is 0 Å². The van der Waals surface area contributed by atoms with Crippen molar-refractivity contribution in [3.63, 3.8) is 0 Å². The number of unbranched alkanes of at least 4 members (excludes halogenated alkanes) is 4. The summed E-state index contributed by atoms with van der Waals surface area (Å²) in [4.78, 5) is 11.5. The minimum absolute atomic E-state index is 0.0658. The van der Waals surface area contributed by atoms with E-state index in [4.69, 9.17) is 0 Å². The largest absolute Gasteiger partial charge is 0.288 e. The fraction of sp³-hybridized carbons (Fsp3) is 0.769. The van der Waals surface area contributed by atoms with Crippen molar-refractivity contribution in [2.24, 2.45) is 0 Å². The first-order chi connectivity index (χ1) is 7.72. The molecule has 0 fully saturated rings. The Kier molecular flexibility index (Phi) is 10.1. The molecule has 94 valence electrons. The maximum atomic E-state index is 11.5. The van der Waals surface area contributed by atoms with Gasteiger partial charge in [0.05, 0.1) is 0 Å². The molecule has 0 aliphatic rings. The maximum Gasteiger partial charge on any atom is 0.260 e. The van der Waals surface area contributed by atoms with Crippen molar-refractivity contribution in [1.29, 1.82) is 0 Å². The molecule has 3 nitrogen and oxygen atoms in total. The van der Waals surface area contributed by atoms with Crippen LogP contribution < -0.4 is 10.9 Å². The molecule has 16 heavy (non-hydrogen) atoms. The molecule has 0 aromatic heterocycles. The molecule has 1 amide bonds. The van der Waals surface area contributed by atoms with Crippen LogP contribution in [0.3, 0.4) is 0 Å². The summed E-state index contributed by atoms with van der Waals surface area (Å²) in [5.74, 6) is -0.0658. The van der Waals surface area contributed by atoms with Crippen molar-refractivity contribution in [2.45, 2.75) is 58.8 Å². The van der Waals surface area contributed by atoms with Crippen molar-refractivity contribution in [2.75, 3.05) is 6.54 Å². The molecular formula is C13H26N2O. The molecule has 0 aliphatic heterocycles. The third-order valence-corrected chi connectivity index (χ3v) is 2.51. The Morgan fingerprint density at radius 3 is 2.38 bits per heavy atom. The van der Waals surface area contributed by atoms with Crippen LogP contribution in [-0.4, -0.2) is 12.5 Å². The molecule has 0 saturated heterocycles. The lowest BCUT2D eigenvalue weighted by atomic mass is 10.1. The lowest BCUT2D eigenvalue weighted by molar-refractivity contribution is -0.118. The van der Waals surface area contributed by atoms with E-state index in [1.54, 1.807) is 0 Å². The number of rotatable bonds is 10. The Labute approximate surface area is 99.7 Å². The van der Waals surface area contributed by atoms with E-state index in [1.807, 2.05) is 0 Å². The molecule has 0 spiro atoms. The van der Waals surface area contributed by atoms with Gasteiger partial charge in [0.15, 0.2) is 0 Å². The summed E-state index contributed by atoms with van der Waals surface area (Å²) in [5, 5.41) is 0. The van der Waals surface area contributed by atoms with E-state index in [0.29, 0.717) is 5.57 Å². The van der Waals surface area contributed by atoms with Crippen LogP contribution in [0.15, 0.2) is 12.2 Å². The SMILES string of the molecule is C=C(CCCC)C(=O)NNCCCCCC.